The number of aromatic nitrogens is 1. The van der Waals surface area contributed by atoms with Gasteiger partial charge in [0.2, 0.25) is 0 Å². The fraction of sp³-hybridized carbons (Fsp3) is 0.0667. The number of carbonyl (C=O) groups excluding carboxylic acids is 1. The number of carbonyl (C=O) groups is 1. The number of pyridine rings is 1. The highest BCUT2D eigenvalue weighted by Gasteiger charge is 2.12. The number of para-hydroxylation sites is 1. The highest BCUT2D eigenvalue weighted by molar-refractivity contribution is 6.01. The Labute approximate surface area is 109 Å². The molecule has 94 valence electrons. The molecule has 2 heterocycles. The molecule has 0 radical (unpaired) electrons. The van der Waals surface area contributed by atoms with E-state index in [1.165, 1.54) is 0 Å². The number of anilines is 1. The molecule has 0 aliphatic carbocycles. The van der Waals surface area contributed by atoms with E-state index in [-0.39, 0.29) is 12.2 Å². The van der Waals surface area contributed by atoms with Gasteiger partial charge in [-0.15, -0.1) is 0 Å². The third kappa shape index (κ3) is 2.20. The van der Waals surface area contributed by atoms with Crippen LogP contribution in [-0.2, 0) is 6.42 Å². The number of fused-ring (bicyclic) bond motifs is 1. The van der Waals surface area contributed by atoms with Crippen molar-refractivity contribution in [1.82, 2.24) is 4.98 Å². The van der Waals surface area contributed by atoms with Crippen LogP contribution in [0.15, 0.2) is 53.3 Å². The van der Waals surface area contributed by atoms with Gasteiger partial charge in [-0.2, -0.15) is 0 Å². The van der Waals surface area contributed by atoms with Gasteiger partial charge in [0.05, 0.1) is 18.0 Å². The van der Waals surface area contributed by atoms with E-state index in [0.29, 0.717) is 11.4 Å². The summed E-state index contributed by atoms with van der Waals surface area (Å²) in [6, 6.07) is 10.9. The molecule has 0 aliphatic rings. The summed E-state index contributed by atoms with van der Waals surface area (Å²) in [7, 11) is 0. The van der Waals surface area contributed by atoms with Crippen LogP contribution >= 0.6 is 0 Å². The fourth-order valence-electron chi connectivity index (χ4n) is 2.01. The third-order valence-electron chi connectivity index (χ3n) is 2.98. The molecule has 2 N–H and O–H groups in total. The quantitative estimate of drug-likeness (QED) is 0.728. The van der Waals surface area contributed by atoms with Gasteiger partial charge in [0.1, 0.15) is 5.69 Å². The van der Waals surface area contributed by atoms with Crippen LogP contribution in [0.3, 0.4) is 0 Å². The molecule has 2 aromatic heterocycles. The van der Waals surface area contributed by atoms with E-state index in [1.807, 2.05) is 24.3 Å². The Balaban J connectivity index is 1.98. The highest BCUT2D eigenvalue weighted by Crippen LogP contribution is 2.20. The van der Waals surface area contributed by atoms with E-state index in [2.05, 4.69) is 4.98 Å². The summed E-state index contributed by atoms with van der Waals surface area (Å²) >= 11 is 0. The molecule has 0 saturated heterocycles. The number of furan rings is 1. The lowest BCUT2D eigenvalue weighted by Crippen LogP contribution is -2.06. The maximum absolute atomic E-state index is 12.1. The number of nitrogens with zero attached hydrogens (tertiary/aromatic N) is 1. The van der Waals surface area contributed by atoms with Gasteiger partial charge in [0.25, 0.3) is 0 Å². The minimum Gasteiger partial charge on any atom is -0.472 e. The first-order chi connectivity index (χ1) is 9.24. The third-order valence-corrected chi connectivity index (χ3v) is 2.98. The molecule has 19 heavy (non-hydrogen) atoms. The zero-order valence-corrected chi connectivity index (χ0v) is 10.2. The van der Waals surface area contributed by atoms with Crippen LogP contribution in [0.2, 0.25) is 0 Å². The lowest BCUT2D eigenvalue weighted by atomic mass is 10.1. The Morgan fingerprint density at radius 3 is 2.89 bits per heavy atom. The first kappa shape index (κ1) is 11.5. The van der Waals surface area contributed by atoms with E-state index in [9.17, 15) is 4.79 Å². The highest BCUT2D eigenvalue weighted by atomic mass is 16.3. The molecule has 0 amide bonds. The van der Waals surface area contributed by atoms with Crippen molar-refractivity contribution in [2.24, 2.45) is 0 Å². The molecule has 4 nitrogen and oxygen atoms in total. The molecule has 0 atom stereocenters. The molecule has 0 fully saturated rings. The predicted molar refractivity (Wildman–Crippen MR) is 72.9 cm³/mol. The van der Waals surface area contributed by atoms with Crippen LogP contribution in [0, 0.1) is 0 Å². The summed E-state index contributed by atoms with van der Waals surface area (Å²) in [5.41, 5.74) is 8.48. The van der Waals surface area contributed by atoms with Gasteiger partial charge < -0.3 is 10.2 Å². The lowest BCUT2D eigenvalue weighted by Gasteiger charge is -2.05. The molecule has 1 aromatic carbocycles. The van der Waals surface area contributed by atoms with Gasteiger partial charge in [-0.05, 0) is 23.8 Å². The summed E-state index contributed by atoms with van der Waals surface area (Å²) in [6.07, 6.45) is 3.37. The number of ketones is 1. The van der Waals surface area contributed by atoms with Gasteiger partial charge in [-0.25, -0.2) is 4.98 Å². The van der Waals surface area contributed by atoms with Crippen LogP contribution in [0.1, 0.15) is 16.1 Å². The van der Waals surface area contributed by atoms with Crippen LogP contribution in [0.4, 0.5) is 5.69 Å². The van der Waals surface area contributed by atoms with Crippen LogP contribution in [-0.4, -0.2) is 10.8 Å². The standard InChI is InChI=1S/C15H12N2O2/c16-12-8-14(15(18)7-10-5-6-19-9-10)17-13-4-2-1-3-11(12)13/h1-6,8-9H,7H2,(H2,16,17). The van der Waals surface area contributed by atoms with E-state index < -0.39 is 0 Å². The molecule has 0 saturated carbocycles. The number of rotatable bonds is 3. The zero-order valence-electron chi connectivity index (χ0n) is 10.2. The molecular weight excluding hydrogens is 240 g/mol. The molecule has 0 unspecified atom stereocenters. The lowest BCUT2D eigenvalue weighted by molar-refractivity contribution is 0.0988. The number of hydrogen-bond donors (Lipinski definition) is 1. The predicted octanol–water partition coefficient (Wildman–Crippen LogP) is 2.84. The van der Waals surface area contributed by atoms with Gasteiger partial charge >= 0.3 is 0 Å². The van der Waals surface area contributed by atoms with Gasteiger partial charge in [0, 0.05) is 17.5 Å². The average Bonchev–Trinajstić information content (AvgIpc) is 2.91. The van der Waals surface area contributed by atoms with Gasteiger partial charge in [-0.1, -0.05) is 18.2 Å². The van der Waals surface area contributed by atoms with Crippen molar-refractivity contribution in [1.29, 1.82) is 0 Å². The largest absolute Gasteiger partial charge is 0.472 e. The first-order valence-electron chi connectivity index (χ1n) is 5.93. The molecule has 0 aliphatic heterocycles. The second-order valence-corrected chi connectivity index (χ2v) is 4.35. The Kier molecular flexibility index (Phi) is 2.76. The minimum absolute atomic E-state index is 0.0705. The number of Topliss-reactive ketones (excluding diaryl/α,β-unsaturated/α-hetero) is 1. The smallest absolute Gasteiger partial charge is 0.185 e. The van der Waals surface area contributed by atoms with E-state index >= 15 is 0 Å². The average molecular weight is 252 g/mol. The van der Waals surface area contributed by atoms with E-state index in [0.717, 1.165) is 16.5 Å². The SMILES string of the molecule is Nc1cc(C(=O)Cc2ccoc2)nc2ccccc12. The van der Waals surface area contributed by atoms with E-state index in [4.69, 9.17) is 10.2 Å². The van der Waals surface area contributed by atoms with Gasteiger partial charge in [0.15, 0.2) is 5.78 Å². The molecule has 0 bridgehead atoms. The summed E-state index contributed by atoms with van der Waals surface area (Å²) in [6.45, 7) is 0. The number of nitrogen functional groups attached to an aromatic ring is 1. The Bertz CT molecular complexity index is 733. The molecule has 3 rings (SSSR count). The molecule has 4 heteroatoms. The summed E-state index contributed by atoms with van der Waals surface area (Å²) < 4.78 is 4.95. The second kappa shape index (κ2) is 4.57. The zero-order chi connectivity index (χ0) is 13.2. The molecular formula is C15H12N2O2. The van der Waals surface area contributed by atoms with Crippen molar-refractivity contribution in [3.63, 3.8) is 0 Å². The minimum atomic E-state index is -0.0705. The Morgan fingerprint density at radius 1 is 1.26 bits per heavy atom. The summed E-state index contributed by atoms with van der Waals surface area (Å²) in [4.78, 5) is 16.5. The maximum Gasteiger partial charge on any atom is 0.185 e. The number of benzene rings is 1. The topological polar surface area (TPSA) is 69.1 Å². The summed E-state index contributed by atoms with van der Waals surface area (Å²) in [5, 5.41) is 0.863. The maximum atomic E-state index is 12.1. The normalized spacial score (nSPS) is 10.7. The Morgan fingerprint density at radius 2 is 2.11 bits per heavy atom. The van der Waals surface area contributed by atoms with Crippen LogP contribution < -0.4 is 5.73 Å². The van der Waals surface area contributed by atoms with Crippen LogP contribution in [0.5, 0.6) is 0 Å². The second-order valence-electron chi connectivity index (χ2n) is 4.35. The molecule has 0 spiro atoms. The first-order valence-corrected chi connectivity index (χ1v) is 5.93. The monoisotopic (exact) mass is 252 g/mol. The van der Waals surface area contributed by atoms with Crippen molar-refractivity contribution in [3.8, 4) is 0 Å². The molecule has 3 aromatic rings. The van der Waals surface area contributed by atoms with Crippen molar-refractivity contribution in [3.05, 3.63) is 60.2 Å². The Hall–Kier alpha value is -2.62. The number of nitrogens with two attached hydrogens (primary N) is 1. The van der Waals surface area contributed by atoms with Crippen LogP contribution in [0.25, 0.3) is 10.9 Å². The van der Waals surface area contributed by atoms with Crippen molar-refractivity contribution in [2.75, 3.05) is 5.73 Å². The van der Waals surface area contributed by atoms with Crippen molar-refractivity contribution >= 4 is 22.4 Å². The van der Waals surface area contributed by atoms with E-state index in [1.54, 1.807) is 24.7 Å². The fourth-order valence-corrected chi connectivity index (χ4v) is 2.01. The van der Waals surface area contributed by atoms with Crippen molar-refractivity contribution < 1.29 is 9.21 Å². The summed E-state index contributed by atoms with van der Waals surface area (Å²) in [5.74, 6) is -0.0705. The van der Waals surface area contributed by atoms with Crippen molar-refractivity contribution in [2.45, 2.75) is 6.42 Å². The number of hydrogen-bond acceptors (Lipinski definition) is 4. The van der Waals surface area contributed by atoms with Gasteiger partial charge in [-0.3, -0.25) is 4.79 Å².